The molecule has 3 N–H and O–H groups in total. The maximum absolute atomic E-state index is 12.4. The molecule has 1 aromatic carbocycles. The molecule has 7 heteroatoms. The number of hydrogen-bond acceptors (Lipinski definition) is 5. The summed E-state index contributed by atoms with van der Waals surface area (Å²) in [5.74, 6) is -0.949. The van der Waals surface area contributed by atoms with Crippen LogP contribution in [0.3, 0.4) is 0 Å². The third-order valence-electron chi connectivity index (χ3n) is 5.46. The lowest BCUT2D eigenvalue weighted by molar-refractivity contribution is -0.128. The van der Waals surface area contributed by atoms with Crippen molar-refractivity contribution in [1.29, 1.82) is 0 Å². The third-order valence-corrected chi connectivity index (χ3v) is 5.46. The predicted molar refractivity (Wildman–Crippen MR) is 111 cm³/mol. The Morgan fingerprint density at radius 1 is 1.31 bits per heavy atom. The fourth-order valence-corrected chi connectivity index (χ4v) is 3.31. The summed E-state index contributed by atoms with van der Waals surface area (Å²) in [6, 6.07) is 9.18. The molecule has 1 fully saturated rings. The SMILES string of the molecule is CN(C)CC[C@@H]1OCC(=O)C1NC(=O)[CH]CC(C)(CCc1ccccc1)C(N)=O. The molecule has 2 rings (SSSR count). The van der Waals surface area contributed by atoms with E-state index in [9.17, 15) is 14.4 Å². The standard InChI is InChI=1S/C22H32N3O4/c1-22(21(23)28,12-9-16-7-5-4-6-8-16)13-10-19(27)24-20-17(26)15-29-18(20)11-14-25(2)3/h4-8,10,18,20H,9,11-15H2,1-3H3,(H2,23,28)(H,24,27)/t18-,20?,22?/m0/s1. The van der Waals surface area contributed by atoms with Gasteiger partial charge in [0.05, 0.1) is 12.5 Å². The summed E-state index contributed by atoms with van der Waals surface area (Å²) in [5, 5.41) is 2.75. The molecule has 0 saturated carbocycles. The molecule has 1 aliphatic heterocycles. The van der Waals surface area contributed by atoms with Crippen molar-refractivity contribution in [2.75, 3.05) is 27.2 Å². The van der Waals surface area contributed by atoms with Crippen LogP contribution >= 0.6 is 0 Å². The van der Waals surface area contributed by atoms with Crippen LogP contribution in [0, 0.1) is 11.8 Å². The van der Waals surface area contributed by atoms with Crippen molar-refractivity contribution in [1.82, 2.24) is 10.2 Å². The first-order valence-corrected chi connectivity index (χ1v) is 9.98. The Morgan fingerprint density at radius 2 is 2.00 bits per heavy atom. The minimum Gasteiger partial charge on any atom is -0.369 e. The highest BCUT2D eigenvalue weighted by atomic mass is 16.5. The van der Waals surface area contributed by atoms with Crippen molar-refractivity contribution in [3.05, 3.63) is 42.3 Å². The Bertz CT molecular complexity index is 707. The van der Waals surface area contributed by atoms with Gasteiger partial charge in [0.25, 0.3) is 0 Å². The number of ketones is 1. The van der Waals surface area contributed by atoms with Crippen molar-refractivity contribution in [2.24, 2.45) is 11.1 Å². The van der Waals surface area contributed by atoms with Gasteiger partial charge >= 0.3 is 0 Å². The van der Waals surface area contributed by atoms with Crippen molar-refractivity contribution in [3.8, 4) is 0 Å². The first-order chi connectivity index (χ1) is 13.7. The fraction of sp³-hybridized carbons (Fsp3) is 0.545. The van der Waals surface area contributed by atoms with E-state index in [-0.39, 0.29) is 30.8 Å². The van der Waals surface area contributed by atoms with Crippen molar-refractivity contribution in [3.63, 3.8) is 0 Å². The van der Waals surface area contributed by atoms with Gasteiger partial charge in [0.1, 0.15) is 12.6 Å². The maximum atomic E-state index is 12.4. The van der Waals surface area contributed by atoms with E-state index in [1.54, 1.807) is 6.92 Å². The fourth-order valence-electron chi connectivity index (χ4n) is 3.31. The van der Waals surface area contributed by atoms with Gasteiger partial charge in [-0.25, -0.2) is 0 Å². The highest BCUT2D eigenvalue weighted by Crippen LogP contribution is 2.29. The first-order valence-electron chi connectivity index (χ1n) is 9.98. The molecule has 7 nitrogen and oxygen atoms in total. The quantitative estimate of drug-likeness (QED) is 0.577. The largest absolute Gasteiger partial charge is 0.369 e. The van der Waals surface area contributed by atoms with E-state index in [1.165, 1.54) is 6.42 Å². The second-order valence-corrected chi connectivity index (χ2v) is 8.21. The Balaban J connectivity index is 1.88. The summed E-state index contributed by atoms with van der Waals surface area (Å²) in [6.07, 6.45) is 3.18. The molecule has 1 saturated heterocycles. The number of benzene rings is 1. The molecule has 1 aliphatic rings. The normalized spacial score (nSPS) is 21.2. The molecular weight excluding hydrogens is 370 g/mol. The lowest BCUT2D eigenvalue weighted by Crippen LogP contribution is -2.46. The van der Waals surface area contributed by atoms with Gasteiger partial charge in [-0.2, -0.15) is 0 Å². The van der Waals surface area contributed by atoms with Crippen LogP contribution < -0.4 is 11.1 Å². The summed E-state index contributed by atoms with van der Waals surface area (Å²) in [4.78, 5) is 38.6. The van der Waals surface area contributed by atoms with Crippen molar-refractivity contribution < 1.29 is 19.1 Å². The number of nitrogens with one attached hydrogen (secondary N) is 1. The molecule has 1 radical (unpaired) electrons. The van der Waals surface area contributed by atoms with Gasteiger partial charge in [0.2, 0.25) is 11.8 Å². The number of carbonyl (C=O) groups excluding carboxylic acids is 3. The summed E-state index contributed by atoms with van der Waals surface area (Å²) in [6.45, 7) is 2.54. The molecule has 159 valence electrons. The molecule has 29 heavy (non-hydrogen) atoms. The van der Waals surface area contributed by atoms with Crippen molar-refractivity contribution >= 4 is 17.6 Å². The number of hydrogen-bond donors (Lipinski definition) is 2. The lowest BCUT2D eigenvalue weighted by Gasteiger charge is -2.26. The Labute approximate surface area is 173 Å². The number of carbonyl (C=O) groups is 3. The number of nitrogens with two attached hydrogens (primary N) is 1. The number of rotatable bonds is 11. The van der Waals surface area contributed by atoms with Crippen LogP contribution in [0.4, 0.5) is 0 Å². The molecule has 0 aliphatic carbocycles. The van der Waals surface area contributed by atoms with E-state index in [2.05, 4.69) is 5.32 Å². The predicted octanol–water partition coefficient (Wildman–Crippen LogP) is 1.11. The van der Waals surface area contributed by atoms with Gasteiger partial charge in [0.15, 0.2) is 5.78 Å². The van der Waals surface area contributed by atoms with Gasteiger partial charge in [-0.3, -0.25) is 14.4 Å². The molecule has 0 spiro atoms. The van der Waals surface area contributed by atoms with E-state index in [4.69, 9.17) is 10.5 Å². The Kier molecular flexibility index (Phi) is 8.34. The number of nitrogens with zero attached hydrogens (tertiary/aromatic N) is 1. The minimum atomic E-state index is -0.840. The molecule has 0 aromatic heterocycles. The summed E-state index contributed by atoms with van der Waals surface area (Å²) >= 11 is 0. The van der Waals surface area contributed by atoms with Gasteiger partial charge in [-0.05, 0) is 45.3 Å². The van der Waals surface area contributed by atoms with Crippen molar-refractivity contribution in [2.45, 2.75) is 44.8 Å². The van der Waals surface area contributed by atoms with Gasteiger partial charge < -0.3 is 20.7 Å². The van der Waals surface area contributed by atoms with E-state index < -0.39 is 17.4 Å². The van der Waals surface area contributed by atoms with Crippen LogP contribution in [-0.2, 0) is 25.5 Å². The monoisotopic (exact) mass is 402 g/mol. The lowest BCUT2D eigenvalue weighted by atomic mass is 9.79. The summed E-state index contributed by atoms with van der Waals surface area (Å²) < 4.78 is 5.52. The molecule has 0 bridgehead atoms. The number of aryl methyl sites for hydroxylation is 1. The highest BCUT2D eigenvalue weighted by Gasteiger charge is 2.37. The molecule has 2 unspecified atom stereocenters. The van der Waals surface area contributed by atoms with Crippen LogP contribution in [0.25, 0.3) is 0 Å². The van der Waals surface area contributed by atoms with Crippen LogP contribution in [0.5, 0.6) is 0 Å². The van der Waals surface area contributed by atoms with E-state index in [0.29, 0.717) is 19.3 Å². The summed E-state index contributed by atoms with van der Waals surface area (Å²) in [7, 11) is 3.89. The van der Waals surface area contributed by atoms with E-state index >= 15 is 0 Å². The zero-order valence-electron chi connectivity index (χ0n) is 17.5. The smallest absolute Gasteiger partial charge is 0.224 e. The topological polar surface area (TPSA) is 102 Å². The van der Waals surface area contributed by atoms with Crippen LogP contribution in [0.1, 0.15) is 31.7 Å². The average molecular weight is 403 g/mol. The maximum Gasteiger partial charge on any atom is 0.224 e. The first kappa shape index (κ1) is 23.0. The van der Waals surface area contributed by atoms with Crippen LogP contribution in [0.15, 0.2) is 30.3 Å². The van der Waals surface area contributed by atoms with Gasteiger partial charge in [-0.1, -0.05) is 37.3 Å². The zero-order chi connectivity index (χ0) is 21.4. The molecule has 2 amide bonds. The number of amides is 2. The van der Waals surface area contributed by atoms with Gasteiger partial charge in [-0.15, -0.1) is 0 Å². The molecule has 1 aromatic rings. The molecule has 3 atom stereocenters. The Morgan fingerprint density at radius 3 is 2.62 bits per heavy atom. The molecular formula is C22H32N3O4. The number of Topliss-reactive ketones (excluding diaryl/α,β-unsaturated/α-hetero) is 1. The Hall–Kier alpha value is -2.25. The number of primary amides is 1. The molecule has 1 heterocycles. The van der Waals surface area contributed by atoms with Crippen LogP contribution in [-0.4, -0.2) is 61.9 Å². The minimum absolute atomic E-state index is 0.0130. The van der Waals surface area contributed by atoms with E-state index in [1.807, 2.05) is 49.3 Å². The van der Waals surface area contributed by atoms with Crippen LogP contribution in [0.2, 0.25) is 0 Å². The summed E-state index contributed by atoms with van der Waals surface area (Å²) in [5.41, 5.74) is 5.90. The van der Waals surface area contributed by atoms with E-state index in [0.717, 1.165) is 12.1 Å². The zero-order valence-corrected chi connectivity index (χ0v) is 17.5. The number of ether oxygens (including phenoxy) is 1. The second-order valence-electron chi connectivity index (χ2n) is 8.21. The second kappa shape index (κ2) is 10.5. The third kappa shape index (κ3) is 6.94. The highest BCUT2D eigenvalue weighted by molar-refractivity contribution is 5.94. The van der Waals surface area contributed by atoms with Gasteiger partial charge in [0, 0.05) is 12.0 Å². The average Bonchev–Trinajstić information content (AvgIpc) is 3.03.